The number of nitrogens with zero attached hydrogens (tertiary/aromatic N) is 1. The first-order valence-corrected chi connectivity index (χ1v) is 7.58. The highest BCUT2D eigenvalue weighted by atomic mass is 32.1. The number of hydrogen-bond donors (Lipinski definition) is 2. The Bertz CT molecular complexity index is 617. The monoisotopic (exact) mass is 287 g/mol. The summed E-state index contributed by atoms with van der Waals surface area (Å²) in [6, 6.07) is 9.83. The summed E-state index contributed by atoms with van der Waals surface area (Å²) in [6.45, 7) is 1.88. The number of amides is 1. The summed E-state index contributed by atoms with van der Waals surface area (Å²) in [5, 5.41) is 5.45. The Balaban J connectivity index is 1.76. The maximum absolute atomic E-state index is 12.5. The quantitative estimate of drug-likeness (QED) is 0.908. The first-order valence-electron chi connectivity index (χ1n) is 6.70. The van der Waals surface area contributed by atoms with Gasteiger partial charge in [-0.25, -0.2) is 4.98 Å². The van der Waals surface area contributed by atoms with E-state index in [1.807, 2.05) is 42.6 Å². The standard InChI is InChI=1S/C15H17N3OS/c1-10(16)12-9-20-14(17-12)18-13(19)15(7-8-15)11-5-3-2-4-6-11/h2-6,9-10H,7-8,16H2,1H3,(H,17,18,19). The Morgan fingerprint density at radius 3 is 2.65 bits per heavy atom. The summed E-state index contributed by atoms with van der Waals surface area (Å²) >= 11 is 1.42. The van der Waals surface area contributed by atoms with E-state index in [1.54, 1.807) is 0 Å². The second kappa shape index (κ2) is 5.00. The highest BCUT2D eigenvalue weighted by Gasteiger charge is 2.51. The molecular formula is C15H17N3OS. The largest absolute Gasteiger partial charge is 0.323 e. The fourth-order valence-corrected chi connectivity index (χ4v) is 3.11. The van der Waals surface area contributed by atoms with Gasteiger partial charge in [0.2, 0.25) is 5.91 Å². The van der Waals surface area contributed by atoms with Crippen molar-refractivity contribution < 1.29 is 4.79 Å². The van der Waals surface area contributed by atoms with Crippen LogP contribution in [-0.4, -0.2) is 10.9 Å². The van der Waals surface area contributed by atoms with Crippen LogP contribution in [0.2, 0.25) is 0 Å². The Labute approximate surface area is 122 Å². The minimum atomic E-state index is -0.360. The zero-order valence-corrected chi connectivity index (χ0v) is 12.1. The van der Waals surface area contributed by atoms with Gasteiger partial charge in [-0.3, -0.25) is 4.79 Å². The van der Waals surface area contributed by atoms with E-state index in [4.69, 9.17) is 5.73 Å². The SMILES string of the molecule is CC(N)c1csc(NC(=O)C2(c3ccccc3)CC2)n1. The molecule has 5 heteroatoms. The molecule has 2 aromatic rings. The van der Waals surface area contributed by atoms with Gasteiger partial charge in [-0.2, -0.15) is 0 Å². The van der Waals surface area contributed by atoms with Crippen molar-refractivity contribution in [1.82, 2.24) is 4.98 Å². The summed E-state index contributed by atoms with van der Waals surface area (Å²) in [4.78, 5) is 16.8. The van der Waals surface area contributed by atoms with Crippen molar-refractivity contribution in [2.45, 2.75) is 31.2 Å². The van der Waals surface area contributed by atoms with Crippen molar-refractivity contribution in [2.75, 3.05) is 5.32 Å². The molecule has 4 nitrogen and oxygen atoms in total. The van der Waals surface area contributed by atoms with Gasteiger partial charge >= 0.3 is 0 Å². The number of rotatable bonds is 4. The van der Waals surface area contributed by atoms with E-state index >= 15 is 0 Å². The molecule has 1 unspecified atom stereocenters. The lowest BCUT2D eigenvalue weighted by Crippen LogP contribution is -2.27. The van der Waals surface area contributed by atoms with Crippen LogP contribution >= 0.6 is 11.3 Å². The fraction of sp³-hybridized carbons (Fsp3) is 0.333. The molecular weight excluding hydrogens is 270 g/mol. The van der Waals surface area contributed by atoms with Gasteiger partial charge in [0, 0.05) is 11.4 Å². The Morgan fingerprint density at radius 2 is 2.10 bits per heavy atom. The van der Waals surface area contributed by atoms with Crippen LogP contribution in [0.25, 0.3) is 0 Å². The van der Waals surface area contributed by atoms with E-state index in [9.17, 15) is 4.79 Å². The Kier molecular flexibility index (Phi) is 3.31. The van der Waals surface area contributed by atoms with Crippen LogP contribution in [0, 0.1) is 0 Å². The fourth-order valence-electron chi connectivity index (χ4n) is 2.30. The van der Waals surface area contributed by atoms with Crippen LogP contribution in [0.15, 0.2) is 35.7 Å². The van der Waals surface area contributed by atoms with Crippen LogP contribution in [0.3, 0.4) is 0 Å². The predicted octanol–water partition coefficient (Wildman–Crippen LogP) is 2.83. The molecule has 0 saturated heterocycles. The normalized spacial score (nSPS) is 17.5. The van der Waals surface area contributed by atoms with Crippen molar-refractivity contribution in [3.8, 4) is 0 Å². The molecule has 104 valence electrons. The Hall–Kier alpha value is -1.72. The number of nitrogens with one attached hydrogen (secondary N) is 1. The molecule has 0 radical (unpaired) electrons. The number of nitrogens with two attached hydrogens (primary N) is 1. The summed E-state index contributed by atoms with van der Waals surface area (Å²) < 4.78 is 0. The number of anilines is 1. The van der Waals surface area contributed by atoms with Gasteiger partial charge in [0.15, 0.2) is 5.13 Å². The average Bonchev–Trinajstić information content (AvgIpc) is 3.14. The molecule has 1 saturated carbocycles. The molecule has 1 aromatic heterocycles. The van der Waals surface area contributed by atoms with Gasteiger partial charge in [0.05, 0.1) is 11.1 Å². The molecule has 0 bridgehead atoms. The van der Waals surface area contributed by atoms with E-state index < -0.39 is 0 Å². The summed E-state index contributed by atoms with van der Waals surface area (Å²) in [5.41, 5.74) is 7.32. The number of thiazole rings is 1. The highest BCUT2D eigenvalue weighted by Crippen LogP contribution is 2.49. The third-order valence-electron chi connectivity index (χ3n) is 3.72. The summed E-state index contributed by atoms with van der Waals surface area (Å²) in [6.07, 6.45) is 1.79. The van der Waals surface area contributed by atoms with Crippen molar-refractivity contribution >= 4 is 22.4 Å². The maximum Gasteiger partial charge on any atom is 0.236 e. The van der Waals surface area contributed by atoms with Gasteiger partial charge in [-0.05, 0) is 25.3 Å². The second-order valence-corrected chi connectivity index (χ2v) is 6.13. The minimum absolute atomic E-state index is 0.0364. The van der Waals surface area contributed by atoms with E-state index in [-0.39, 0.29) is 17.4 Å². The van der Waals surface area contributed by atoms with Gasteiger partial charge < -0.3 is 11.1 Å². The van der Waals surface area contributed by atoms with Gasteiger partial charge in [0.1, 0.15) is 0 Å². The maximum atomic E-state index is 12.5. The number of aromatic nitrogens is 1. The lowest BCUT2D eigenvalue weighted by molar-refractivity contribution is -0.118. The van der Waals surface area contributed by atoms with Crippen LogP contribution in [0.4, 0.5) is 5.13 Å². The van der Waals surface area contributed by atoms with E-state index in [0.29, 0.717) is 5.13 Å². The van der Waals surface area contributed by atoms with Crippen LogP contribution in [-0.2, 0) is 10.2 Å². The second-order valence-electron chi connectivity index (χ2n) is 5.27. The minimum Gasteiger partial charge on any atom is -0.323 e. The molecule has 1 aliphatic carbocycles. The lowest BCUT2D eigenvalue weighted by atomic mass is 9.95. The predicted molar refractivity (Wildman–Crippen MR) is 80.7 cm³/mol. The molecule has 3 N–H and O–H groups in total. The van der Waals surface area contributed by atoms with Crippen LogP contribution < -0.4 is 11.1 Å². The molecule has 3 rings (SSSR count). The first-order chi connectivity index (χ1) is 9.62. The smallest absolute Gasteiger partial charge is 0.236 e. The lowest BCUT2D eigenvalue weighted by Gasteiger charge is -2.14. The van der Waals surface area contributed by atoms with E-state index in [1.165, 1.54) is 11.3 Å². The zero-order chi connectivity index (χ0) is 14.2. The molecule has 1 aliphatic rings. The molecule has 1 fully saturated rings. The topological polar surface area (TPSA) is 68.0 Å². The molecule has 20 heavy (non-hydrogen) atoms. The summed E-state index contributed by atoms with van der Waals surface area (Å²) in [7, 11) is 0. The van der Waals surface area contributed by atoms with Gasteiger partial charge in [0.25, 0.3) is 0 Å². The molecule has 1 atom stereocenters. The highest BCUT2D eigenvalue weighted by molar-refractivity contribution is 7.13. The molecule has 0 spiro atoms. The molecule has 1 amide bonds. The average molecular weight is 287 g/mol. The van der Waals surface area contributed by atoms with Crippen molar-refractivity contribution in [3.63, 3.8) is 0 Å². The molecule has 1 aromatic carbocycles. The Morgan fingerprint density at radius 1 is 1.40 bits per heavy atom. The zero-order valence-electron chi connectivity index (χ0n) is 11.3. The summed E-state index contributed by atoms with van der Waals surface area (Å²) in [5.74, 6) is 0.0364. The van der Waals surface area contributed by atoms with Crippen molar-refractivity contribution in [2.24, 2.45) is 5.73 Å². The van der Waals surface area contributed by atoms with Crippen LogP contribution in [0.5, 0.6) is 0 Å². The van der Waals surface area contributed by atoms with Crippen molar-refractivity contribution in [3.05, 3.63) is 47.0 Å². The molecule has 1 heterocycles. The third kappa shape index (κ3) is 2.34. The number of benzene rings is 1. The number of hydrogen-bond acceptors (Lipinski definition) is 4. The van der Waals surface area contributed by atoms with Gasteiger partial charge in [-0.15, -0.1) is 11.3 Å². The number of carbonyl (C=O) groups is 1. The van der Waals surface area contributed by atoms with E-state index in [0.717, 1.165) is 24.1 Å². The van der Waals surface area contributed by atoms with Gasteiger partial charge in [-0.1, -0.05) is 30.3 Å². The first kappa shape index (κ1) is 13.3. The third-order valence-corrected chi connectivity index (χ3v) is 4.50. The molecule has 0 aliphatic heterocycles. The van der Waals surface area contributed by atoms with E-state index in [2.05, 4.69) is 10.3 Å². The van der Waals surface area contributed by atoms with Crippen molar-refractivity contribution in [1.29, 1.82) is 0 Å². The van der Waals surface area contributed by atoms with Crippen LogP contribution in [0.1, 0.15) is 37.1 Å². The number of carbonyl (C=O) groups excluding carboxylic acids is 1.